The van der Waals surface area contributed by atoms with Crippen molar-refractivity contribution in [2.75, 3.05) is 33.5 Å². The fourth-order valence-corrected chi connectivity index (χ4v) is 4.13. The van der Waals surface area contributed by atoms with E-state index in [9.17, 15) is 15.0 Å². The average Bonchev–Trinajstić information content (AvgIpc) is 2.81. The predicted octanol–water partition coefficient (Wildman–Crippen LogP) is 3.54. The van der Waals surface area contributed by atoms with E-state index in [1.807, 2.05) is 54.6 Å². The zero-order valence-electron chi connectivity index (χ0n) is 17.8. The molecule has 0 saturated carbocycles. The summed E-state index contributed by atoms with van der Waals surface area (Å²) in [5.41, 5.74) is 2.40. The second-order valence-electron chi connectivity index (χ2n) is 7.49. The summed E-state index contributed by atoms with van der Waals surface area (Å²) in [6, 6.07) is 9.88. The zero-order valence-corrected chi connectivity index (χ0v) is 17.8. The number of rotatable bonds is 11. The first kappa shape index (κ1) is 23.2. The molecule has 166 valence electrons. The number of aliphatic carboxylic acids is 1. The van der Waals surface area contributed by atoms with E-state index in [4.69, 9.17) is 14.2 Å². The highest BCUT2D eigenvalue weighted by Gasteiger charge is 2.42. The Hall–Kier alpha value is -2.51. The van der Waals surface area contributed by atoms with Gasteiger partial charge in [0.15, 0.2) is 0 Å². The van der Waals surface area contributed by atoms with Gasteiger partial charge in [0, 0.05) is 19.1 Å². The number of allylic oxidation sites excluding steroid dienone is 4. The third kappa shape index (κ3) is 5.40. The van der Waals surface area contributed by atoms with Gasteiger partial charge in [-0.1, -0.05) is 60.7 Å². The molecule has 0 amide bonds. The SMILES string of the molecule is COCCOC1C=CC=C(C(OCCO)(C2=CC=C(C(=O)O)CC2)c2ccccc2)C1. The molecule has 2 aliphatic rings. The molecule has 3 rings (SSSR count). The van der Waals surface area contributed by atoms with Crippen LogP contribution in [0.25, 0.3) is 0 Å². The summed E-state index contributed by atoms with van der Waals surface area (Å²) in [6.07, 6.45) is 11.0. The van der Waals surface area contributed by atoms with Gasteiger partial charge in [0.05, 0.1) is 32.5 Å². The first-order valence-electron chi connectivity index (χ1n) is 10.5. The van der Waals surface area contributed by atoms with Gasteiger partial charge in [-0.2, -0.15) is 0 Å². The van der Waals surface area contributed by atoms with Gasteiger partial charge in [0.25, 0.3) is 0 Å². The Bertz CT molecular complexity index is 867. The number of aliphatic hydroxyl groups excluding tert-OH is 1. The van der Waals surface area contributed by atoms with Crippen LogP contribution in [0.3, 0.4) is 0 Å². The summed E-state index contributed by atoms with van der Waals surface area (Å²) in [5, 5.41) is 18.9. The zero-order chi connectivity index (χ0) is 22.1. The number of carboxylic acid groups (broad SMARTS) is 1. The number of carbonyl (C=O) groups is 1. The first-order chi connectivity index (χ1) is 15.1. The maximum atomic E-state index is 11.4. The van der Waals surface area contributed by atoms with Crippen LogP contribution in [0.4, 0.5) is 0 Å². The Kier molecular flexibility index (Phi) is 8.37. The number of aliphatic hydroxyl groups is 1. The molecule has 6 heteroatoms. The molecule has 0 aliphatic heterocycles. The van der Waals surface area contributed by atoms with E-state index < -0.39 is 11.6 Å². The van der Waals surface area contributed by atoms with Gasteiger partial charge in [-0.25, -0.2) is 4.79 Å². The van der Waals surface area contributed by atoms with Crippen molar-refractivity contribution in [3.8, 4) is 0 Å². The molecule has 0 heterocycles. The molecule has 0 radical (unpaired) electrons. The minimum absolute atomic E-state index is 0.116. The molecule has 2 unspecified atom stereocenters. The van der Waals surface area contributed by atoms with Crippen LogP contribution in [0, 0.1) is 0 Å². The first-order valence-corrected chi connectivity index (χ1v) is 10.5. The Morgan fingerprint density at radius 3 is 2.52 bits per heavy atom. The van der Waals surface area contributed by atoms with Crippen molar-refractivity contribution in [3.05, 3.63) is 83.0 Å². The molecular weight excluding hydrogens is 396 g/mol. The maximum absolute atomic E-state index is 11.4. The van der Waals surface area contributed by atoms with E-state index in [1.165, 1.54) is 0 Å². The fourth-order valence-electron chi connectivity index (χ4n) is 4.13. The van der Waals surface area contributed by atoms with Gasteiger partial charge >= 0.3 is 5.97 Å². The highest BCUT2D eigenvalue weighted by atomic mass is 16.5. The number of methoxy groups -OCH3 is 1. The minimum atomic E-state index is -0.905. The third-order valence-corrected chi connectivity index (χ3v) is 5.58. The quantitative estimate of drug-likeness (QED) is 0.527. The van der Waals surface area contributed by atoms with Crippen molar-refractivity contribution < 1.29 is 29.2 Å². The van der Waals surface area contributed by atoms with Crippen LogP contribution in [-0.4, -0.2) is 55.8 Å². The van der Waals surface area contributed by atoms with E-state index in [2.05, 4.69) is 0 Å². The summed E-state index contributed by atoms with van der Waals surface area (Å²) in [5.74, 6) is -0.900. The Morgan fingerprint density at radius 1 is 1.06 bits per heavy atom. The maximum Gasteiger partial charge on any atom is 0.331 e. The highest BCUT2D eigenvalue weighted by Crippen LogP contribution is 2.46. The molecule has 0 aromatic heterocycles. The molecule has 0 saturated heterocycles. The molecule has 1 aromatic rings. The van der Waals surface area contributed by atoms with Crippen molar-refractivity contribution >= 4 is 5.97 Å². The normalized spacial score (nSPS) is 20.5. The molecule has 0 bridgehead atoms. The molecule has 31 heavy (non-hydrogen) atoms. The van der Waals surface area contributed by atoms with Crippen LogP contribution in [0.5, 0.6) is 0 Å². The lowest BCUT2D eigenvalue weighted by atomic mass is 9.73. The fraction of sp³-hybridized carbons (Fsp3) is 0.400. The van der Waals surface area contributed by atoms with Crippen molar-refractivity contribution in [1.29, 1.82) is 0 Å². The lowest BCUT2D eigenvalue weighted by molar-refractivity contribution is -0.132. The molecule has 1 aromatic carbocycles. The predicted molar refractivity (Wildman–Crippen MR) is 118 cm³/mol. The van der Waals surface area contributed by atoms with Gasteiger partial charge in [-0.3, -0.25) is 0 Å². The number of carboxylic acids is 1. The van der Waals surface area contributed by atoms with Crippen LogP contribution < -0.4 is 0 Å². The minimum Gasteiger partial charge on any atom is -0.478 e. The number of hydrogen-bond donors (Lipinski definition) is 2. The number of hydrogen-bond acceptors (Lipinski definition) is 5. The second kappa shape index (κ2) is 11.2. The van der Waals surface area contributed by atoms with Crippen LogP contribution in [0.2, 0.25) is 0 Å². The van der Waals surface area contributed by atoms with E-state index in [-0.39, 0.29) is 19.3 Å². The third-order valence-electron chi connectivity index (χ3n) is 5.58. The molecule has 2 aliphatic carbocycles. The molecule has 2 N–H and O–H groups in total. The summed E-state index contributed by atoms with van der Waals surface area (Å²) in [7, 11) is 1.64. The summed E-state index contributed by atoms with van der Waals surface area (Å²) in [4.78, 5) is 11.4. The molecule has 0 fully saturated rings. The standard InChI is InChI=1S/C25H30O6/c1-29-16-17-30-23-9-5-8-22(18-23)25(31-15-14-26,20-6-3-2-4-7-20)21-12-10-19(11-13-21)24(27)28/h2-10,12,23,26H,11,13-18H2,1H3,(H,27,28). The lowest BCUT2D eigenvalue weighted by Crippen LogP contribution is -2.38. The van der Waals surface area contributed by atoms with Gasteiger partial charge in [0.2, 0.25) is 0 Å². The van der Waals surface area contributed by atoms with Crippen molar-refractivity contribution in [1.82, 2.24) is 0 Å². The van der Waals surface area contributed by atoms with Gasteiger partial charge in [0.1, 0.15) is 5.60 Å². The van der Waals surface area contributed by atoms with Crippen molar-refractivity contribution in [2.24, 2.45) is 0 Å². The van der Waals surface area contributed by atoms with Crippen molar-refractivity contribution in [3.63, 3.8) is 0 Å². The smallest absolute Gasteiger partial charge is 0.331 e. The van der Waals surface area contributed by atoms with Crippen LogP contribution in [0.15, 0.2) is 77.4 Å². The Morgan fingerprint density at radius 2 is 1.87 bits per heavy atom. The van der Waals surface area contributed by atoms with Crippen LogP contribution >= 0.6 is 0 Å². The van der Waals surface area contributed by atoms with Crippen molar-refractivity contribution in [2.45, 2.75) is 31.0 Å². The second-order valence-corrected chi connectivity index (χ2v) is 7.49. The average molecular weight is 427 g/mol. The number of ether oxygens (including phenoxy) is 3. The lowest BCUT2D eigenvalue weighted by Gasteiger charge is -2.41. The van der Waals surface area contributed by atoms with E-state index in [0.717, 1.165) is 16.7 Å². The van der Waals surface area contributed by atoms with Gasteiger partial charge < -0.3 is 24.4 Å². The van der Waals surface area contributed by atoms with E-state index in [0.29, 0.717) is 38.0 Å². The Labute approximate surface area is 183 Å². The monoisotopic (exact) mass is 426 g/mol. The van der Waals surface area contributed by atoms with Crippen LogP contribution in [-0.2, 0) is 24.6 Å². The summed E-state index contributed by atoms with van der Waals surface area (Å²) >= 11 is 0. The van der Waals surface area contributed by atoms with Gasteiger partial charge in [-0.05, 0) is 29.6 Å². The largest absolute Gasteiger partial charge is 0.478 e. The van der Waals surface area contributed by atoms with Gasteiger partial charge in [-0.15, -0.1) is 0 Å². The Balaban J connectivity index is 2.04. The number of benzene rings is 1. The van der Waals surface area contributed by atoms with E-state index >= 15 is 0 Å². The highest BCUT2D eigenvalue weighted by molar-refractivity contribution is 5.87. The van der Waals surface area contributed by atoms with E-state index in [1.54, 1.807) is 13.2 Å². The summed E-state index contributed by atoms with van der Waals surface area (Å²) < 4.78 is 17.5. The van der Waals surface area contributed by atoms with Crippen LogP contribution in [0.1, 0.15) is 24.8 Å². The molecular formula is C25H30O6. The molecule has 0 spiro atoms. The molecule has 2 atom stereocenters. The molecule has 6 nitrogen and oxygen atoms in total. The topological polar surface area (TPSA) is 85.2 Å². The summed E-state index contributed by atoms with van der Waals surface area (Å²) in [6.45, 7) is 1.04.